The maximum Gasteiger partial charge on any atom is 0.226 e. The van der Waals surface area contributed by atoms with Gasteiger partial charge in [0, 0.05) is 6.42 Å². The smallest absolute Gasteiger partial charge is 0.226 e. The van der Waals surface area contributed by atoms with E-state index in [1.807, 2.05) is 18.2 Å². The van der Waals surface area contributed by atoms with E-state index >= 15 is 0 Å². The number of aliphatic hydroxyl groups excluding tert-OH is 1. The van der Waals surface area contributed by atoms with Gasteiger partial charge in [0.15, 0.2) is 5.82 Å². The Labute approximate surface area is 117 Å². The van der Waals surface area contributed by atoms with Gasteiger partial charge in [0.1, 0.15) is 5.75 Å². The largest absolute Gasteiger partial charge is 0.493 e. The summed E-state index contributed by atoms with van der Waals surface area (Å²) in [7, 11) is 0. The number of aryl methyl sites for hydroxylation is 1. The predicted octanol–water partition coefficient (Wildman–Crippen LogP) is 2.10. The van der Waals surface area contributed by atoms with Crippen molar-refractivity contribution in [3.63, 3.8) is 0 Å². The van der Waals surface area contributed by atoms with E-state index < -0.39 is 0 Å². The molecule has 5 heteroatoms. The molecule has 0 radical (unpaired) electrons. The molecule has 2 atom stereocenters. The van der Waals surface area contributed by atoms with Gasteiger partial charge in [-0.2, -0.15) is 4.98 Å². The first-order valence-corrected chi connectivity index (χ1v) is 6.93. The molecule has 1 aliphatic heterocycles. The molecule has 2 heterocycles. The molecule has 0 bridgehead atoms. The van der Waals surface area contributed by atoms with Crippen molar-refractivity contribution in [1.82, 2.24) is 10.1 Å². The highest BCUT2D eigenvalue weighted by atomic mass is 16.5. The second-order valence-electron chi connectivity index (χ2n) is 5.25. The number of hydrogen-bond acceptors (Lipinski definition) is 5. The Kier molecular flexibility index (Phi) is 3.69. The third-order valence-electron chi connectivity index (χ3n) is 3.50. The molecular formula is C15H18N2O3. The molecule has 1 N–H and O–H groups in total. The summed E-state index contributed by atoms with van der Waals surface area (Å²) >= 11 is 0. The number of rotatable bonds is 4. The Morgan fingerprint density at radius 2 is 2.25 bits per heavy atom. The third-order valence-corrected chi connectivity index (χ3v) is 3.50. The highest BCUT2D eigenvalue weighted by molar-refractivity contribution is 5.36. The zero-order valence-electron chi connectivity index (χ0n) is 11.5. The number of ether oxygens (including phenoxy) is 1. The number of hydrogen-bond donors (Lipinski definition) is 1. The Morgan fingerprint density at radius 3 is 3.10 bits per heavy atom. The fourth-order valence-electron chi connectivity index (χ4n) is 2.36. The zero-order chi connectivity index (χ0) is 13.9. The van der Waals surface area contributed by atoms with Gasteiger partial charge in [0.05, 0.1) is 18.6 Å². The molecule has 2 aromatic rings. The van der Waals surface area contributed by atoms with Crippen molar-refractivity contribution in [2.24, 2.45) is 0 Å². The van der Waals surface area contributed by atoms with E-state index in [9.17, 15) is 5.11 Å². The molecule has 3 rings (SSSR count). The Bertz CT molecular complexity index is 580. The van der Waals surface area contributed by atoms with Gasteiger partial charge in [-0.05, 0) is 31.4 Å². The van der Waals surface area contributed by atoms with Crippen LogP contribution in [0.5, 0.6) is 5.75 Å². The van der Waals surface area contributed by atoms with Gasteiger partial charge in [0.25, 0.3) is 0 Å². The second-order valence-corrected chi connectivity index (χ2v) is 5.25. The van der Waals surface area contributed by atoms with Crippen LogP contribution in [0.3, 0.4) is 0 Å². The Morgan fingerprint density at radius 1 is 1.40 bits per heavy atom. The lowest BCUT2D eigenvalue weighted by Gasteiger charge is -2.22. The molecule has 106 valence electrons. The van der Waals surface area contributed by atoms with Gasteiger partial charge in [-0.3, -0.25) is 0 Å². The average molecular weight is 274 g/mol. The van der Waals surface area contributed by atoms with Crippen LogP contribution in [0.4, 0.5) is 0 Å². The molecule has 1 aromatic heterocycles. The molecule has 5 nitrogen and oxygen atoms in total. The average Bonchev–Trinajstić information content (AvgIpc) is 2.93. The van der Waals surface area contributed by atoms with Crippen LogP contribution < -0.4 is 4.74 Å². The van der Waals surface area contributed by atoms with E-state index in [0.717, 1.165) is 12.2 Å². The van der Waals surface area contributed by atoms with Gasteiger partial charge < -0.3 is 14.4 Å². The van der Waals surface area contributed by atoms with Crippen molar-refractivity contribution in [2.75, 3.05) is 6.61 Å². The van der Waals surface area contributed by atoms with Crippen molar-refractivity contribution < 1.29 is 14.4 Å². The van der Waals surface area contributed by atoms with E-state index in [4.69, 9.17) is 9.26 Å². The number of fused-ring (bicyclic) bond motifs is 1. The van der Waals surface area contributed by atoms with Gasteiger partial charge in [-0.1, -0.05) is 23.4 Å². The van der Waals surface area contributed by atoms with Crippen LogP contribution in [0.15, 0.2) is 28.8 Å². The number of para-hydroxylation sites is 1. The topological polar surface area (TPSA) is 68.4 Å². The monoisotopic (exact) mass is 274 g/mol. The van der Waals surface area contributed by atoms with Crippen molar-refractivity contribution in [3.05, 3.63) is 41.5 Å². The van der Waals surface area contributed by atoms with Crippen LogP contribution in [0.25, 0.3) is 0 Å². The first-order valence-electron chi connectivity index (χ1n) is 6.93. The molecule has 0 amide bonds. The van der Waals surface area contributed by atoms with Crippen LogP contribution in [0.2, 0.25) is 0 Å². The Balaban J connectivity index is 1.69. The molecule has 0 aliphatic carbocycles. The summed E-state index contributed by atoms with van der Waals surface area (Å²) in [6, 6.07) is 8.03. The first kappa shape index (κ1) is 13.1. The van der Waals surface area contributed by atoms with E-state index in [0.29, 0.717) is 31.2 Å². The van der Waals surface area contributed by atoms with Crippen molar-refractivity contribution in [2.45, 2.75) is 38.2 Å². The summed E-state index contributed by atoms with van der Waals surface area (Å²) in [6.07, 6.45) is 1.75. The Hall–Kier alpha value is -1.88. The summed E-state index contributed by atoms with van der Waals surface area (Å²) < 4.78 is 11.0. The number of benzene rings is 1. The summed E-state index contributed by atoms with van der Waals surface area (Å²) in [4.78, 5) is 4.41. The number of nitrogens with zero attached hydrogens (tertiary/aromatic N) is 2. The lowest BCUT2D eigenvalue weighted by molar-refractivity contribution is 0.180. The third kappa shape index (κ3) is 2.82. The maximum absolute atomic E-state index is 9.27. The molecule has 0 saturated heterocycles. The van der Waals surface area contributed by atoms with Gasteiger partial charge in [0.2, 0.25) is 5.89 Å². The lowest BCUT2D eigenvalue weighted by atomic mass is 9.96. The van der Waals surface area contributed by atoms with Crippen molar-refractivity contribution >= 4 is 0 Å². The molecule has 0 fully saturated rings. The first-order chi connectivity index (χ1) is 9.72. The van der Waals surface area contributed by atoms with Gasteiger partial charge in [-0.25, -0.2) is 0 Å². The number of aromatic nitrogens is 2. The molecule has 20 heavy (non-hydrogen) atoms. The quantitative estimate of drug-likeness (QED) is 0.924. The minimum atomic E-state index is -0.352. The highest BCUT2D eigenvalue weighted by Crippen LogP contribution is 2.30. The fourth-order valence-corrected chi connectivity index (χ4v) is 2.36. The molecule has 0 spiro atoms. The lowest BCUT2D eigenvalue weighted by Crippen LogP contribution is -2.20. The van der Waals surface area contributed by atoms with E-state index in [2.05, 4.69) is 16.2 Å². The standard InChI is InChI=1S/C15H18N2O3/c1-10(18)6-7-14-16-15(17-20-14)12-8-11-4-2-3-5-13(11)19-9-12/h2-5,10,12,18H,6-9H2,1H3. The minimum Gasteiger partial charge on any atom is -0.493 e. The van der Waals surface area contributed by atoms with Crippen molar-refractivity contribution in [1.29, 1.82) is 0 Å². The number of aliphatic hydroxyl groups is 1. The summed E-state index contributed by atoms with van der Waals surface area (Å²) in [5.41, 5.74) is 1.18. The SMILES string of the molecule is CC(O)CCc1nc(C2COc3ccccc3C2)no1. The normalized spacial score (nSPS) is 19.2. The highest BCUT2D eigenvalue weighted by Gasteiger charge is 2.25. The molecule has 1 aliphatic rings. The van der Waals surface area contributed by atoms with Gasteiger partial charge >= 0.3 is 0 Å². The van der Waals surface area contributed by atoms with Crippen LogP contribution in [-0.4, -0.2) is 28.0 Å². The maximum atomic E-state index is 9.27. The molecular weight excluding hydrogens is 256 g/mol. The second kappa shape index (κ2) is 5.63. The van der Waals surface area contributed by atoms with E-state index in [1.165, 1.54) is 5.56 Å². The molecule has 1 aromatic carbocycles. The van der Waals surface area contributed by atoms with Crippen LogP contribution in [0.1, 0.15) is 36.5 Å². The fraction of sp³-hybridized carbons (Fsp3) is 0.467. The van der Waals surface area contributed by atoms with Crippen LogP contribution in [-0.2, 0) is 12.8 Å². The predicted molar refractivity (Wildman–Crippen MR) is 72.7 cm³/mol. The van der Waals surface area contributed by atoms with Crippen LogP contribution in [0, 0.1) is 0 Å². The zero-order valence-corrected chi connectivity index (χ0v) is 11.5. The summed E-state index contributed by atoms with van der Waals surface area (Å²) in [5.74, 6) is 2.36. The van der Waals surface area contributed by atoms with Crippen molar-refractivity contribution in [3.8, 4) is 5.75 Å². The molecule has 0 saturated carbocycles. The summed E-state index contributed by atoms with van der Waals surface area (Å²) in [5, 5.41) is 13.3. The van der Waals surface area contributed by atoms with E-state index in [1.54, 1.807) is 6.92 Å². The van der Waals surface area contributed by atoms with Crippen LogP contribution >= 0.6 is 0 Å². The summed E-state index contributed by atoms with van der Waals surface area (Å²) in [6.45, 7) is 2.33. The van der Waals surface area contributed by atoms with E-state index in [-0.39, 0.29) is 12.0 Å². The van der Waals surface area contributed by atoms with Gasteiger partial charge in [-0.15, -0.1) is 0 Å². The minimum absolute atomic E-state index is 0.133. The molecule has 2 unspecified atom stereocenters.